The molecule has 1 amide bonds. The predicted octanol–water partition coefficient (Wildman–Crippen LogP) is 3.36. The maximum Gasteiger partial charge on any atom is 0.243 e. The molecule has 0 radical (unpaired) electrons. The highest BCUT2D eigenvalue weighted by Crippen LogP contribution is 2.27. The molecule has 2 aliphatic heterocycles. The number of aromatic nitrogens is 1. The fraction of sp³-hybridized carbons (Fsp3) is 0.444. The maximum absolute atomic E-state index is 13.4. The molecule has 186 valence electrons. The van der Waals surface area contributed by atoms with E-state index in [4.69, 9.17) is 0 Å². The highest BCUT2D eigenvalue weighted by Gasteiger charge is 2.34. The SMILES string of the molecule is Cn1ccc2cc(S(=O)(=O)N3CCCC(C(=O)NC4CCN(Cc5ccccc5)CC4)C3)ccc21. The quantitative estimate of drug-likeness (QED) is 0.570. The lowest BCUT2D eigenvalue weighted by Crippen LogP contribution is -2.50. The van der Waals surface area contributed by atoms with Crippen LogP contribution in [0.4, 0.5) is 0 Å². The number of hydrogen-bond donors (Lipinski definition) is 1. The van der Waals surface area contributed by atoms with Crippen LogP contribution in [0.15, 0.2) is 65.7 Å². The Morgan fingerprint density at radius 1 is 1.00 bits per heavy atom. The Balaban J connectivity index is 1.17. The molecule has 0 saturated carbocycles. The minimum Gasteiger partial charge on any atom is -0.353 e. The molecule has 1 aromatic heterocycles. The molecular weight excluding hydrogens is 460 g/mol. The summed E-state index contributed by atoms with van der Waals surface area (Å²) in [5, 5.41) is 4.12. The maximum atomic E-state index is 13.4. The van der Waals surface area contributed by atoms with Crippen LogP contribution in [0.2, 0.25) is 0 Å². The Labute approximate surface area is 207 Å². The number of fused-ring (bicyclic) bond motifs is 1. The molecule has 2 aromatic carbocycles. The number of hydrogen-bond acceptors (Lipinski definition) is 4. The molecule has 3 aromatic rings. The average Bonchev–Trinajstić information content (AvgIpc) is 3.26. The van der Waals surface area contributed by atoms with Crippen LogP contribution in [0.5, 0.6) is 0 Å². The molecule has 0 spiro atoms. The molecule has 1 atom stereocenters. The number of carbonyl (C=O) groups excluding carboxylic acids is 1. The van der Waals surface area contributed by atoms with Gasteiger partial charge in [0.1, 0.15) is 0 Å². The van der Waals surface area contributed by atoms with E-state index >= 15 is 0 Å². The van der Waals surface area contributed by atoms with Gasteiger partial charge in [0.05, 0.1) is 10.8 Å². The Hall–Kier alpha value is -2.68. The summed E-state index contributed by atoms with van der Waals surface area (Å²) < 4.78 is 30.2. The standard InChI is InChI=1S/C27H34N4O3S/c1-29-15-11-22-18-25(9-10-26(22)29)35(33,34)31-14-5-8-23(20-31)27(32)28-24-12-16-30(17-13-24)19-21-6-3-2-4-7-21/h2-4,6-7,9-11,15,18,23-24H,5,8,12-14,16-17,19-20H2,1H3,(H,28,32). The summed E-state index contributed by atoms with van der Waals surface area (Å²) in [6.07, 6.45) is 5.19. The molecule has 35 heavy (non-hydrogen) atoms. The van der Waals surface area contributed by atoms with Crippen LogP contribution < -0.4 is 5.32 Å². The summed E-state index contributed by atoms with van der Waals surface area (Å²) in [5.74, 6) is -0.314. The van der Waals surface area contributed by atoms with E-state index in [1.54, 1.807) is 12.1 Å². The second kappa shape index (κ2) is 10.1. The average molecular weight is 495 g/mol. The summed E-state index contributed by atoms with van der Waals surface area (Å²) in [6.45, 7) is 3.54. The van der Waals surface area contributed by atoms with Gasteiger partial charge >= 0.3 is 0 Å². The lowest BCUT2D eigenvalue weighted by molar-refractivity contribution is -0.127. The monoisotopic (exact) mass is 494 g/mol. The number of likely N-dealkylation sites (tertiary alicyclic amines) is 1. The molecule has 8 heteroatoms. The van der Waals surface area contributed by atoms with Crippen LogP contribution in [0.25, 0.3) is 10.9 Å². The first-order valence-electron chi connectivity index (χ1n) is 12.5. The summed E-state index contributed by atoms with van der Waals surface area (Å²) in [5.41, 5.74) is 2.31. The first kappa shape index (κ1) is 24.0. The Morgan fingerprint density at radius 3 is 2.54 bits per heavy atom. The molecule has 5 rings (SSSR count). The number of nitrogens with zero attached hydrogens (tertiary/aromatic N) is 3. The highest BCUT2D eigenvalue weighted by atomic mass is 32.2. The van der Waals surface area contributed by atoms with Gasteiger partial charge in [0.15, 0.2) is 0 Å². The van der Waals surface area contributed by atoms with Gasteiger partial charge in [-0.05, 0) is 55.5 Å². The number of carbonyl (C=O) groups is 1. The van der Waals surface area contributed by atoms with Crippen LogP contribution in [0.3, 0.4) is 0 Å². The lowest BCUT2D eigenvalue weighted by Gasteiger charge is -2.35. The first-order chi connectivity index (χ1) is 16.9. The van der Waals surface area contributed by atoms with Gasteiger partial charge in [-0.25, -0.2) is 8.42 Å². The highest BCUT2D eigenvalue weighted by molar-refractivity contribution is 7.89. The zero-order valence-corrected chi connectivity index (χ0v) is 21.1. The first-order valence-corrected chi connectivity index (χ1v) is 14.0. The van der Waals surface area contributed by atoms with E-state index in [0.717, 1.165) is 49.8 Å². The van der Waals surface area contributed by atoms with Crippen LogP contribution in [0.1, 0.15) is 31.2 Å². The van der Waals surface area contributed by atoms with E-state index in [-0.39, 0.29) is 24.4 Å². The summed E-state index contributed by atoms with van der Waals surface area (Å²) in [7, 11) is -1.70. The third-order valence-corrected chi connectivity index (χ3v) is 9.29. The number of nitrogens with one attached hydrogen (secondary N) is 1. The smallest absolute Gasteiger partial charge is 0.243 e. The molecule has 2 saturated heterocycles. The largest absolute Gasteiger partial charge is 0.353 e. The minimum atomic E-state index is -3.64. The van der Waals surface area contributed by atoms with Crippen molar-refractivity contribution in [1.82, 2.24) is 19.1 Å². The molecule has 2 fully saturated rings. The molecule has 0 aliphatic carbocycles. The van der Waals surface area contributed by atoms with Crippen molar-refractivity contribution in [2.24, 2.45) is 13.0 Å². The molecule has 0 bridgehead atoms. The van der Waals surface area contributed by atoms with Crippen molar-refractivity contribution in [1.29, 1.82) is 0 Å². The van der Waals surface area contributed by atoms with Crippen LogP contribution in [-0.2, 0) is 28.4 Å². The number of aryl methyl sites for hydroxylation is 1. The fourth-order valence-corrected chi connectivity index (χ4v) is 6.90. The van der Waals surface area contributed by atoms with Crippen LogP contribution in [-0.4, -0.2) is 60.3 Å². The number of benzene rings is 2. The van der Waals surface area contributed by atoms with E-state index in [1.165, 1.54) is 9.87 Å². The van der Waals surface area contributed by atoms with E-state index in [9.17, 15) is 13.2 Å². The normalized spacial score (nSPS) is 20.8. The third-order valence-electron chi connectivity index (χ3n) is 7.43. The fourth-order valence-electron chi connectivity index (χ4n) is 5.34. The minimum absolute atomic E-state index is 0.00933. The summed E-state index contributed by atoms with van der Waals surface area (Å²) in [6, 6.07) is 17.8. The molecule has 1 N–H and O–H groups in total. The number of piperidine rings is 2. The van der Waals surface area contributed by atoms with Gasteiger partial charge in [-0.1, -0.05) is 30.3 Å². The summed E-state index contributed by atoms with van der Waals surface area (Å²) in [4.78, 5) is 15.8. The zero-order chi connectivity index (χ0) is 24.4. The topological polar surface area (TPSA) is 74.6 Å². The van der Waals surface area contributed by atoms with Crippen molar-refractivity contribution in [3.05, 3.63) is 66.4 Å². The molecule has 3 heterocycles. The lowest BCUT2D eigenvalue weighted by atomic mass is 9.97. The Bertz CT molecular complexity index is 1280. The molecule has 7 nitrogen and oxygen atoms in total. The van der Waals surface area contributed by atoms with Crippen molar-refractivity contribution in [2.45, 2.75) is 43.2 Å². The summed E-state index contributed by atoms with van der Waals surface area (Å²) >= 11 is 0. The Kier molecular flexibility index (Phi) is 6.95. The van der Waals surface area contributed by atoms with Gasteiger partial charge in [0.25, 0.3) is 0 Å². The zero-order valence-electron chi connectivity index (χ0n) is 20.3. The number of amides is 1. The van der Waals surface area contributed by atoms with Crippen molar-refractivity contribution in [2.75, 3.05) is 26.2 Å². The van der Waals surface area contributed by atoms with E-state index in [1.807, 2.05) is 36.0 Å². The number of rotatable bonds is 6. The van der Waals surface area contributed by atoms with Crippen molar-refractivity contribution in [3.63, 3.8) is 0 Å². The van der Waals surface area contributed by atoms with Crippen molar-refractivity contribution < 1.29 is 13.2 Å². The Morgan fingerprint density at radius 2 is 1.77 bits per heavy atom. The van der Waals surface area contributed by atoms with E-state index in [2.05, 4.69) is 34.5 Å². The second-order valence-corrected chi connectivity index (χ2v) is 11.8. The van der Waals surface area contributed by atoms with Gasteiger partial charge < -0.3 is 9.88 Å². The van der Waals surface area contributed by atoms with Gasteiger partial charge in [0, 0.05) is 62.9 Å². The van der Waals surface area contributed by atoms with E-state index < -0.39 is 10.0 Å². The molecule has 2 aliphatic rings. The predicted molar refractivity (Wildman–Crippen MR) is 137 cm³/mol. The van der Waals surface area contributed by atoms with E-state index in [0.29, 0.717) is 17.9 Å². The van der Waals surface area contributed by atoms with Crippen LogP contribution in [0, 0.1) is 5.92 Å². The van der Waals surface area contributed by atoms with Gasteiger partial charge in [-0.3, -0.25) is 9.69 Å². The molecule has 1 unspecified atom stereocenters. The van der Waals surface area contributed by atoms with Crippen molar-refractivity contribution >= 4 is 26.8 Å². The second-order valence-electron chi connectivity index (χ2n) is 9.89. The number of sulfonamides is 1. The van der Waals surface area contributed by atoms with Gasteiger partial charge in [-0.2, -0.15) is 4.31 Å². The van der Waals surface area contributed by atoms with Gasteiger partial charge in [0.2, 0.25) is 15.9 Å². The van der Waals surface area contributed by atoms with Crippen LogP contribution >= 0.6 is 0 Å². The van der Waals surface area contributed by atoms with Gasteiger partial charge in [-0.15, -0.1) is 0 Å². The third kappa shape index (κ3) is 5.29. The molecular formula is C27H34N4O3S. The van der Waals surface area contributed by atoms with Crippen molar-refractivity contribution in [3.8, 4) is 0 Å².